The van der Waals surface area contributed by atoms with E-state index in [-0.39, 0.29) is 70.3 Å². The van der Waals surface area contributed by atoms with E-state index in [1.165, 1.54) is 48.5 Å². The molecule has 384 valence electrons. The maximum atomic E-state index is 13.7. The first-order valence-electron chi connectivity index (χ1n) is 24.3. The molecular weight excluding hydrogens is 929 g/mol. The van der Waals surface area contributed by atoms with Crippen LogP contribution in [0.2, 0.25) is 0 Å². The maximum absolute atomic E-state index is 13.7. The SMILES string of the molecule is CC1(C)COC2(COC(=O)c3ccc(cc3)C(=O)OCC3(OCC(C)(C)CO3)c3ccc(cc3)C3(COC(=O)c4ccc(cc4)C(=O)OCC4(OCC(C)(C)CO4)c4ccc2cc4)OCC(C)(C)CO3)OC1. The third kappa shape index (κ3) is 10.9. The van der Waals surface area contributed by atoms with Crippen LogP contribution >= 0.6 is 0 Å². The number of carbonyl (C=O) groups is 4. The highest BCUT2D eigenvalue weighted by atomic mass is 16.7. The van der Waals surface area contributed by atoms with Crippen molar-refractivity contribution in [3.05, 3.63) is 142 Å². The summed E-state index contributed by atoms with van der Waals surface area (Å²) in [6.07, 6.45) is 0. The van der Waals surface area contributed by atoms with Crippen LogP contribution < -0.4 is 0 Å². The first kappa shape index (κ1) is 51.3. The largest absolute Gasteiger partial charge is 0.456 e. The molecule has 0 atom stereocenters. The highest BCUT2D eigenvalue weighted by Crippen LogP contribution is 2.43. The van der Waals surface area contributed by atoms with Crippen molar-refractivity contribution >= 4 is 23.9 Å². The summed E-state index contributed by atoms with van der Waals surface area (Å²) in [5.41, 5.74) is 1.66. The number of rotatable bonds is 0. The Morgan fingerprint density at radius 3 is 0.556 bits per heavy atom. The van der Waals surface area contributed by atoms with Gasteiger partial charge in [-0.3, -0.25) is 0 Å². The maximum Gasteiger partial charge on any atom is 0.338 e. The lowest BCUT2D eigenvalue weighted by molar-refractivity contribution is -0.321. The van der Waals surface area contributed by atoms with Crippen molar-refractivity contribution in [2.45, 2.75) is 78.5 Å². The molecule has 4 aromatic carbocycles. The summed E-state index contributed by atoms with van der Waals surface area (Å²) in [5, 5.41) is 0. The highest BCUT2D eigenvalue weighted by molar-refractivity contribution is 5.94. The van der Waals surface area contributed by atoms with Gasteiger partial charge in [-0.2, -0.15) is 0 Å². The van der Waals surface area contributed by atoms with E-state index in [2.05, 4.69) is 0 Å². The number of hydrogen-bond acceptors (Lipinski definition) is 16. The van der Waals surface area contributed by atoms with E-state index in [4.69, 9.17) is 56.8 Å². The van der Waals surface area contributed by atoms with Gasteiger partial charge < -0.3 is 56.8 Å². The van der Waals surface area contributed by atoms with Crippen LogP contribution in [0.5, 0.6) is 0 Å². The van der Waals surface area contributed by atoms with E-state index in [0.29, 0.717) is 75.1 Å². The molecule has 0 radical (unpaired) electrons. The first-order chi connectivity index (χ1) is 34.0. The Balaban J connectivity index is 1.04. The van der Waals surface area contributed by atoms with Gasteiger partial charge in [-0.15, -0.1) is 0 Å². The lowest BCUT2D eigenvalue weighted by Gasteiger charge is -2.44. The average molecular weight is 993 g/mol. The number of benzene rings is 4. The molecule has 4 aromatic rings. The van der Waals surface area contributed by atoms with Gasteiger partial charge >= 0.3 is 23.9 Å². The second kappa shape index (κ2) is 19.4. The zero-order valence-electron chi connectivity index (χ0n) is 42.3. The van der Waals surface area contributed by atoms with Gasteiger partial charge in [0.05, 0.1) is 75.1 Å². The topological polar surface area (TPSA) is 179 Å². The standard InChI is InChI=1S/C56H64O16/c1-49(2)25-65-53(66-26-49)33-61-45(57)37-9-11-38(12-10-37)46(58)63-35-55(69-29-51(5,6)30-70-55)43-21-23-44(24-22-43)56(71-31-52(7,8)32-72-56)36-64-48(60)40-15-13-39(14-16-40)47(59)62-34-54(42-19-17-41(53)18-20-42)67-27-50(3,4)28-68-54/h9-24H,25-36H2,1-8H3. The average Bonchev–Trinajstić information content (AvgIpc) is 3.37. The molecule has 0 aliphatic carbocycles. The summed E-state index contributed by atoms with van der Waals surface area (Å²) < 4.78 is 74.9. The molecule has 4 fully saturated rings. The monoisotopic (exact) mass is 992 g/mol. The van der Waals surface area contributed by atoms with E-state index >= 15 is 0 Å². The quantitative estimate of drug-likeness (QED) is 0.121. The summed E-state index contributed by atoms with van der Waals surface area (Å²) in [5.74, 6) is -8.60. The second-order valence-electron chi connectivity index (χ2n) is 22.6. The van der Waals surface area contributed by atoms with Crippen LogP contribution in [0.3, 0.4) is 0 Å². The van der Waals surface area contributed by atoms with Gasteiger partial charge in [0.25, 0.3) is 0 Å². The Hall–Kier alpha value is -5.56. The molecule has 8 bridgehead atoms. The fourth-order valence-electron chi connectivity index (χ4n) is 8.58. The second-order valence-corrected chi connectivity index (χ2v) is 22.6. The molecular formula is C56H64O16. The molecule has 72 heavy (non-hydrogen) atoms. The molecule has 11 aliphatic rings. The molecule has 11 aliphatic heterocycles. The van der Waals surface area contributed by atoms with Crippen molar-refractivity contribution in [3.8, 4) is 0 Å². The lowest BCUT2D eigenvalue weighted by Crippen LogP contribution is -2.49. The lowest BCUT2D eigenvalue weighted by atomic mass is 9.92. The summed E-state index contributed by atoms with van der Waals surface area (Å²) in [7, 11) is 0. The van der Waals surface area contributed by atoms with Crippen LogP contribution in [0, 0.1) is 21.7 Å². The normalized spacial score (nSPS) is 24.4. The molecule has 11 heterocycles. The van der Waals surface area contributed by atoms with E-state index in [9.17, 15) is 19.2 Å². The van der Waals surface area contributed by atoms with Gasteiger partial charge in [0.15, 0.2) is 26.4 Å². The van der Waals surface area contributed by atoms with Gasteiger partial charge in [0, 0.05) is 43.9 Å². The van der Waals surface area contributed by atoms with E-state index in [0.717, 1.165) is 0 Å². The van der Waals surface area contributed by atoms with Crippen molar-refractivity contribution in [2.24, 2.45) is 21.7 Å². The van der Waals surface area contributed by atoms with E-state index in [1.54, 1.807) is 48.5 Å². The molecule has 16 nitrogen and oxygen atoms in total. The molecule has 0 saturated carbocycles. The Kier molecular flexibility index (Phi) is 13.8. The number of ether oxygens (including phenoxy) is 12. The van der Waals surface area contributed by atoms with Gasteiger partial charge in [0.2, 0.25) is 23.1 Å². The first-order valence-corrected chi connectivity index (χ1v) is 24.3. The Bertz CT molecular complexity index is 2230. The number of esters is 4. The zero-order valence-corrected chi connectivity index (χ0v) is 42.3. The van der Waals surface area contributed by atoms with Crippen molar-refractivity contribution < 1.29 is 76.0 Å². The van der Waals surface area contributed by atoms with Gasteiger partial charge in [-0.05, 0) is 48.5 Å². The van der Waals surface area contributed by atoms with E-state index in [1.807, 2.05) is 55.4 Å². The van der Waals surface area contributed by atoms with Crippen molar-refractivity contribution in [1.29, 1.82) is 0 Å². The summed E-state index contributed by atoms with van der Waals surface area (Å²) in [4.78, 5) is 54.7. The van der Waals surface area contributed by atoms with E-state index < -0.39 is 47.0 Å². The van der Waals surface area contributed by atoms with Crippen LogP contribution in [-0.4, -0.2) is 103 Å². The predicted octanol–water partition coefficient (Wildman–Crippen LogP) is 8.33. The molecule has 15 rings (SSSR count). The van der Waals surface area contributed by atoms with Crippen LogP contribution in [0.25, 0.3) is 0 Å². The number of hydrogen-bond donors (Lipinski definition) is 0. The minimum Gasteiger partial charge on any atom is -0.456 e. The third-order valence-electron chi connectivity index (χ3n) is 13.4. The molecule has 4 spiro atoms. The molecule has 0 aromatic heterocycles. The summed E-state index contributed by atoms with van der Waals surface area (Å²) in [6, 6.07) is 26.1. The molecule has 0 amide bonds. The van der Waals surface area contributed by atoms with Crippen LogP contribution in [0.4, 0.5) is 0 Å². The third-order valence-corrected chi connectivity index (χ3v) is 13.4. The van der Waals surface area contributed by atoms with Gasteiger partial charge in [-0.1, -0.05) is 104 Å². The van der Waals surface area contributed by atoms with Gasteiger partial charge in [0.1, 0.15) is 0 Å². The predicted molar refractivity (Wildman–Crippen MR) is 256 cm³/mol. The Morgan fingerprint density at radius 1 is 0.250 bits per heavy atom. The van der Waals surface area contributed by atoms with Crippen LogP contribution in [0.1, 0.15) is 119 Å². The fourth-order valence-corrected chi connectivity index (χ4v) is 8.58. The fraction of sp³-hybridized carbons (Fsp3) is 0.500. The van der Waals surface area contributed by atoms with Crippen molar-refractivity contribution in [2.75, 3.05) is 79.3 Å². The van der Waals surface area contributed by atoms with Crippen molar-refractivity contribution in [3.63, 3.8) is 0 Å². The molecule has 16 heteroatoms. The zero-order chi connectivity index (χ0) is 51.2. The molecule has 4 saturated heterocycles. The summed E-state index contributed by atoms with van der Waals surface area (Å²) in [6.45, 7) is 17.3. The highest BCUT2D eigenvalue weighted by Gasteiger charge is 2.49. The molecule has 0 unspecified atom stereocenters. The minimum absolute atomic E-state index is 0.181. The number of carbonyl (C=O) groups excluding carboxylic acids is 4. The van der Waals surface area contributed by atoms with Gasteiger partial charge in [-0.25, -0.2) is 19.2 Å². The minimum atomic E-state index is -1.48. The Labute approximate surface area is 419 Å². The summed E-state index contributed by atoms with van der Waals surface area (Å²) >= 11 is 0. The van der Waals surface area contributed by atoms with Crippen molar-refractivity contribution in [1.82, 2.24) is 0 Å². The Morgan fingerprint density at radius 2 is 0.403 bits per heavy atom. The van der Waals surface area contributed by atoms with Crippen LogP contribution in [0.15, 0.2) is 97.1 Å². The smallest absolute Gasteiger partial charge is 0.338 e. The molecule has 0 N–H and O–H groups in total. The van der Waals surface area contributed by atoms with Crippen LogP contribution in [-0.2, 0) is 80.0 Å².